The highest BCUT2D eigenvalue weighted by atomic mass is 19.1. The molecular weight excluding hydrogens is 515 g/mol. The van der Waals surface area contributed by atoms with E-state index in [2.05, 4.69) is 4.90 Å². The van der Waals surface area contributed by atoms with E-state index < -0.39 is 5.82 Å². The zero-order chi connectivity index (χ0) is 28.0. The molecule has 3 aliphatic rings. The van der Waals surface area contributed by atoms with Crippen LogP contribution >= 0.6 is 0 Å². The lowest BCUT2D eigenvalue weighted by atomic mass is 9.74. The zero-order valence-corrected chi connectivity index (χ0v) is 22.5. The average Bonchev–Trinajstić information content (AvgIpc) is 3.26. The van der Waals surface area contributed by atoms with Crippen molar-refractivity contribution in [3.8, 4) is 0 Å². The Morgan fingerprint density at radius 2 is 1.65 bits per heavy atom. The quantitative estimate of drug-likeness (QED) is 0.425. The first-order chi connectivity index (χ1) is 19.3. The van der Waals surface area contributed by atoms with Crippen LogP contribution < -0.4 is 4.90 Å². The number of carbonyl (C=O) groups excluding carboxylic acids is 2. The van der Waals surface area contributed by atoms with Crippen LogP contribution in [0.25, 0.3) is 0 Å². The first kappa shape index (κ1) is 26.6. The minimum Gasteiger partial charge on any atom is -0.331 e. The number of nitrogens with zero attached hydrogens (tertiary/aromatic N) is 3. The second kappa shape index (κ2) is 10.4. The van der Waals surface area contributed by atoms with Gasteiger partial charge in [0.2, 0.25) is 5.91 Å². The van der Waals surface area contributed by atoms with Crippen LogP contribution in [0.2, 0.25) is 0 Å². The number of hydrogen-bond donors (Lipinski definition) is 0. The summed E-state index contributed by atoms with van der Waals surface area (Å²) in [5.74, 6) is -1.17. The molecule has 1 spiro atoms. The van der Waals surface area contributed by atoms with E-state index in [1.807, 2.05) is 6.07 Å². The van der Waals surface area contributed by atoms with Crippen LogP contribution in [-0.2, 0) is 16.6 Å². The number of halogens is 3. The smallest absolute Gasteiger partial charge is 0.254 e. The number of benzene rings is 3. The third-order valence-electron chi connectivity index (χ3n) is 9.04. The first-order valence-corrected chi connectivity index (χ1v) is 13.9. The van der Waals surface area contributed by atoms with Gasteiger partial charge in [-0.25, -0.2) is 13.2 Å². The van der Waals surface area contributed by atoms with Crippen molar-refractivity contribution in [2.24, 2.45) is 0 Å². The molecule has 0 bridgehead atoms. The second-order valence-electron chi connectivity index (χ2n) is 11.3. The summed E-state index contributed by atoms with van der Waals surface area (Å²) in [6.45, 7) is 4.75. The second-order valence-corrected chi connectivity index (χ2v) is 11.3. The largest absolute Gasteiger partial charge is 0.331 e. The van der Waals surface area contributed by atoms with Crippen LogP contribution in [0.4, 0.5) is 18.9 Å². The molecule has 0 saturated carbocycles. The lowest BCUT2D eigenvalue weighted by molar-refractivity contribution is -0.116. The molecule has 1 fully saturated rings. The molecule has 3 aromatic rings. The molecule has 5 nitrogen and oxygen atoms in total. The molecule has 0 aliphatic carbocycles. The van der Waals surface area contributed by atoms with Gasteiger partial charge in [0.1, 0.15) is 17.5 Å². The van der Waals surface area contributed by atoms with E-state index in [1.54, 1.807) is 34.9 Å². The molecule has 3 heterocycles. The Labute approximate surface area is 232 Å². The van der Waals surface area contributed by atoms with Gasteiger partial charge in [-0.15, -0.1) is 0 Å². The van der Waals surface area contributed by atoms with Crippen LogP contribution in [0.3, 0.4) is 0 Å². The maximum atomic E-state index is 14.7. The van der Waals surface area contributed by atoms with E-state index in [4.69, 9.17) is 0 Å². The molecule has 0 N–H and O–H groups in total. The molecule has 6 rings (SSSR count). The van der Waals surface area contributed by atoms with Gasteiger partial charge >= 0.3 is 0 Å². The van der Waals surface area contributed by atoms with Crippen LogP contribution in [0, 0.1) is 17.5 Å². The molecule has 0 aromatic heterocycles. The van der Waals surface area contributed by atoms with Crippen LogP contribution in [0.5, 0.6) is 0 Å². The highest BCUT2D eigenvalue weighted by Crippen LogP contribution is 2.47. The molecule has 3 aliphatic heterocycles. The predicted molar refractivity (Wildman–Crippen MR) is 147 cm³/mol. The number of piperidine rings is 1. The Hall–Kier alpha value is -3.65. The minimum absolute atomic E-state index is 0.0405. The Morgan fingerprint density at radius 1 is 0.925 bits per heavy atom. The van der Waals surface area contributed by atoms with Crippen molar-refractivity contribution in [1.82, 2.24) is 9.80 Å². The van der Waals surface area contributed by atoms with Crippen LogP contribution in [0.1, 0.15) is 59.3 Å². The van der Waals surface area contributed by atoms with E-state index >= 15 is 0 Å². The van der Waals surface area contributed by atoms with E-state index in [0.29, 0.717) is 43.6 Å². The number of likely N-dealkylation sites (tertiary alicyclic amines) is 1. The SMILES string of the molecule is CC(=O)N1CC2(CCN(CCC3c4cccc(F)c4CCN3C(=O)c3ccc(F)cc3)CC2)c2cc(F)ccc21. The molecular formula is C32H32F3N3O2. The highest BCUT2D eigenvalue weighted by Gasteiger charge is 2.46. The highest BCUT2D eigenvalue weighted by molar-refractivity contribution is 5.95. The number of amides is 2. The Balaban J connectivity index is 1.19. The molecule has 8 heteroatoms. The molecule has 1 unspecified atom stereocenters. The Kier molecular flexibility index (Phi) is 6.90. The van der Waals surface area contributed by atoms with Gasteiger partial charge in [0.05, 0.1) is 6.04 Å². The third-order valence-corrected chi connectivity index (χ3v) is 9.04. The molecule has 1 saturated heterocycles. The Bertz CT molecular complexity index is 1450. The number of anilines is 1. The van der Waals surface area contributed by atoms with Gasteiger partial charge in [0.15, 0.2) is 0 Å². The van der Waals surface area contributed by atoms with Gasteiger partial charge in [-0.3, -0.25) is 9.59 Å². The van der Waals surface area contributed by atoms with Crippen LogP contribution in [-0.4, -0.2) is 54.3 Å². The van der Waals surface area contributed by atoms with Crippen molar-refractivity contribution in [2.45, 2.75) is 44.1 Å². The summed E-state index contributed by atoms with van der Waals surface area (Å²) >= 11 is 0. The van der Waals surface area contributed by atoms with Crippen molar-refractivity contribution < 1.29 is 22.8 Å². The topological polar surface area (TPSA) is 43.9 Å². The number of rotatable bonds is 4. The average molecular weight is 548 g/mol. The summed E-state index contributed by atoms with van der Waals surface area (Å²) in [6.07, 6.45) is 2.64. The molecule has 208 valence electrons. The first-order valence-electron chi connectivity index (χ1n) is 13.9. The molecule has 1 atom stereocenters. The molecule has 0 radical (unpaired) electrons. The normalized spacial score (nSPS) is 19.9. The van der Waals surface area contributed by atoms with E-state index in [0.717, 1.165) is 42.7 Å². The van der Waals surface area contributed by atoms with Crippen molar-refractivity contribution in [2.75, 3.05) is 37.6 Å². The minimum atomic E-state index is -0.402. The summed E-state index contributed by atoms with van der Waals surface area (Å²) in [4.78, 5) is 31.7. The fraction of sp³-hybridized carbons (Fsp3) is 0.375. The maximum absolute atomic E-state index is 14.7. The molecule has 40 heavy (non-hydrogen) atoms. The van der Waals surface area contributed by atoms with E-state index in [-0.39, 0.29) is 34.9 Å². The van der Waals surface area contributed by atoms with Crippen molar-refractivity contribution in [3.05, 3.63) is 100 Å². The Morgan fingerprint density at radius 3 is 2.38 bits per heavy atom. The standard InChI is InChI=1S/C32H32F3N3O2/c1-21(39)38-20-32(27-19-24(34)9-10-30(27)38)13-17-36(18-14-32)15-12-29-26-3-2-4-28(35)25(26)11-16-37(29)31(40)22-5-7-23(33)8-6-22/h2-10,19,29H,11-18,20H2,1H3. The monoisotopic (exact) mass is 547 g/mol. The predicted octanol–water partition coefficient (Wildman–Crippen LogP) is 5.63. The number of fused-ring (bicyclic) bond motifs is 3. The van der Waals surface area contributed by atoms with E-state index in [1.165, 1.54) is 36.4 Å². The van der Waals surface area contributed by atoms with Gasteiger partial charge in [-0.05, 0) is 104 Å². The fourth-order valence-corrected chi connectivity index (χ4v) is 6.88. The molecule has 3 aromatic carbocycles. The van der Waals surface area contributed by atoms with Crippen LogP contribution in [0.15, 0.2) is 60.7 Å². The van der Waals surface area contributed by atoms with Crippen molar-refractivity contribution >= 4 is 17.5 Å². The molecule has 2 amide bonds. The lowest BCUT2D eigenvalue weighted by Crippen LogP contribution is -2.47. The lowest BCUT2D eigenvalue weighted by Gasteiger charge is -2.42. The third kappa shape index (κ3) is 4.68. The summed E-state index contributed by atoms with van der Waals surface area (Å²) < 4.78 is 42.5. The van der Waals surface area contributed by atoms with Gasteiger partial charge in [0, 0.05) is 43.2 Å². The van der Waals surface area contributed by atoms with Gasteiger partial charge in [0.25, 0.3) is 5.91 Å². The van der Waals surface area contributed by atoms with Gasteiger partial charge in [-0.2, -0.15) is 0 Å². The van der Waals surface area contributed by atoms with Crippen molar-refractivity contribution in [3.63, 3.8) is 0 Å². The zero-order valence-electron chi connectivity index (χ0n) is 22.5. The summed E-state index contributed by atoms with van der Waals surface area (Å²) in [6, 6.07) is 15.0. The summed E-state index contributed by atoms with van der Waals surface area (Å²) in [5, 5.41) is 0. The summed E-state index contributed by atoms with van der Waals surface area (Å²) in [5.41, 5.74) is 3.33. The number of hydrogen-bond acceptors (Lipinski definition) is 3. The number of carbonyl (C=O) groups is 2. The van der Waals surface area contributed by atoms with Crippen molar-refractivity contribution in [1.29, 1.82) is 0 Å². The maximum Gasteiger partial charge on any atom is 0.254 e. The fourth-order valence-electron chi connectivity index (χ4n) is 6.88. The van der Waals surface area contributed by atoms with E-state index in [9.17, 15) is 22.8 Å². The summed E-state index contributed by atoms with van der Waals surface area (Å²) in [7, 11) is 0. The van der Waals surface area contributed by atoms with Gasteiger partial charge in [-0.1, -0.05) is 12.1 Å². The van der Waals surface area contributed by atoms with Gasteiger partial charge < -0.3 is 14.7 Å².